The lowest BCUT2D eigenvalue weighted by Crippen LogP contribution is -2.39. The monoisotopic (exact) mass is 428 g/mol. The molecule has 0 radical (unpaired) electrons. The molecule has 3 aromatic rings. The topological polar surface area (TPSA) is 43.6 Å². The highest BCUT2D eigenvalue weighted by Crippen LogP contribution is 2.49. The molecule has 152 valence electrons. The van der Waals surface area contributed by atoms with Crippen LogP contribution in [0.15, 0.2) is 30.3 Å². The van der Waals surface area contributed by atoms with Crippen LogP contribution in [0.5, 0.6) is 0 Å². The summed E-state index contributed by atoms with van der Waals surface area (Å²) < 4.78 is 2.33. The molecule has 2 saturated carbocycles. The van der Waals surface area contributed by atoms with Crippen molar-refractivity contribution >= 4 is 34.4 Å². The molecule has 6 heteroatoms. The Balaban J connectivity index is 1.65. The van der Waals surface area contributed by atoms with Crippen LogP contribution >= 0.6 is 23.2 Å². The molecule has 2 fully saturated rings. The molecular formula is C23H26Cl2N4. The fourth-order valence-electron chi connectivity index (χ4n) is 5.21. The minimum absolute atomic E-state index is 0.0697. The Labute approximate surface area is 181 Å². The van der Waals surface area contributed by atoms with E-state index in [9.17, 15) is 0 Å². The number of nitrogens with zero attached hydrogens (tertiary/aromatic N) is 4. The van der Waals surface area contributed by atoms with Gasteiger partial charge >= 0.3 is 0 Å². The van der Waals surface area contributed by atoms with Gasteiger partial charge in [0.15, 0.2) is 10.8 Å². The van der Waals surface area contributed by atoms with E-state index in [4.69, 9.17) is 28.2 Å². The average Bonchev–Trinajstić information content (AvgIpc) is 3.02. The normalized spacial score (nSPS) is 23.8. The Morgan fingerprint density at radius 1 is 1.00 bits per heavy atom. The van der Waals surface area contributed by atoms with Crippen molar-refractivity contribution in [2.24, 2.45) is 11.8 Å². The molecule has 5 rings (SSSR count). The third-order valence-electron chi connectivity index (χ3n) is 7.07. The van der Waals surface area contributed by atoms with E-state index in [1.54, 1.807) is 0 Å². The van der Waals surface area contributed by atoms with Gasteiger partial charge in [-0.3, -0.25) is 0 Å². The molecule has 0 bridgehead atoms. The van der Waals surface area contributed by atoms with Gasteiger partial charge in [-0.1, -0.05) is 68.1 Å². The molecule has 1 aromatic carbocycles. The van der Waals surface area contributed by atoms with E-state index in [-0.39, 0.29) is 10.7 Å². The van der Waals surface area contributed by atoms with Crippen LogP contribution in [-0.4, -0.2) is 19.5 Å². The molecule has 0 saturated heterocycles. The first-order valence-corrected chi connectivity index (χ1v) is 11.5. The highest BCUT2D eigenvalue weighted by atomic mass is 35.5. The van der Waals surface area contributed by atoms with Gasteiger partial charge < -0.3 is 4.57 Å². The second kappa shape index (κ2) is 7.55. The summed E-state index contributed by atoms with van der Waals surface area (Å²) in [5, 5.41) is 0.568. The Hall–Kier alpha value is -1.65. The van der Waals surface area contributed by atoms with Crippen molar-refractivity contribution in [2.45, 2.75) is 63.8 Å². The molecule has 2 aromatic heterocycles. The molecule has 0 N–H and O–H groups in total. The van der Waals surface area contributed by atoms with Crippen molar-refractivity contribution in [3.63, 3.8) is 0 Å². The van der Waals surface area contributed by atoms with E-state index in [2.05, 4.69) is 51.8 Å². The Morgan fingerprint density at radius 3 is 2.38 bits per heavy atom. The van der Waals surface area contributed by atoms with Crippen molar-refractivity contribution in [3.05, 3.63) is 52.2 Å². The maximum atomic E-state index is 6.58. The predicted octanol–water partition coefficient (Wildman–Crippen LogP) is 6.43. The van der Waals surface area contributed by atoms with Crippen LogP contribution in [0.4, 0.5) is 0 Å². The van der Waals surface area contributed by atoms with Crippen LogP contribution in [0, 0.1) is 11.8 Å². The van der Waals surface area contributed by atoms with Crippen molar-refractivity contribution in [1.82, 2.24) is 19.5 Å². The van der Waals surface area contributed by atoms with Gasteiger partial charge in [0, 0.05) is 6.54 Å². The molecular weight excluding hydrogens is 403 g/mol. The Morgan fingerprint density at radius 2 is 1.72 bits per heavy atom. The van der Waals surface area contributed by atoms with Gasteiger partial charge in [0.1, 0.15) is 11.3 Å². The van der Waals surface area contributed by atoms with E-state index in [1.165, 1.54) is 37.7 Å². The number of imidazole rings is 1. The number of hydrogen-bond donors (Lipinski definition) is 0. The van der Waals surface area contributed by atoms with E-state index in [0.29, 0.717) is 16.7 Å². The van der Waals surface area contributed by atoms with Gasteiger partial charge in [0.05, 0.1) is 5.41 Å². The van der Waals surface area contributed by atoms with Crippen LogP contribution in [0.1, 0.15) is 63.3 Å². The molecule has 29 heavy (non-hydrogen) atoms. The second-order valence-electron chi connectivity index (χ2n) is 8.93. The molecule has 2 aliphatic carbocycles. The molecule has 0 aliphatic heterocycles. The maximum Gasteiger partial charge on any atom is 0.225 e. The summed E-state index contributed by atoms with van der Waals surface area (Å²) in [6, 6.07) is 10.8. The fourth-order valence-corrected chi connectivity index (χ4v) is 5.68. The van der Waals surface area contributed by atoms with Crippen LogP contribution in [0.2, 0.25) is 10.4 Å². The smallest absolute Gasteiger partial charge is 0.225 e. The number of halogens is 2. The largest absolute Gasteiger partial charge is 0.323 e. The number of rotatable bonds is 4. The molecule has 0 spiro atoms. The fraction of sp³-hybridized carbons (Fsp3) is 0.522. The van der Waals surface area contributed by atoms with Gasteiger partial charge in [0.2, 0.25) is 5.28 Å². The third-order valence-corrected chi connectivity index (χ3v) is 7.50. The molecule has 0 unspecified atom stereocenters. The van der Waals surface area contributed by atoms with Crippen molar-refractivity contribution in [2.75, 3.05) is 0 Å². The van der Waals surface area contributed by atoms with Gasteiger partial charge in [0.25, 0.3) is 0 Å². The molecule has 2 aliphatic rings. The highest BCUT2D eigenvalue weighted by molar-refractivity contribution is 6.35. The lowest BCUT2D eigenvalue weighted by Gasteiger charge is -2.42. The van der Waals surface area contributed by atoms with Gasteiger partial charge in [-0.2, -0.15) is 4.98 Å². The van der Waals surface area contributed by atoms with E-state index >= 15 is 0 Å². The molecule has 2 heterocycles. The van der Waals surface area contributed by atoms with Crippen LogP contribution in [0.3, 0.4) is 0 Å². The zero-order chi connectivity index (χ0) is 20.0. The summed E-state index contributed by atoms with van der Waals surface area (Å²) in [6.07, 6.45) is 8.51. The first kappa shape index (κ1) is 19.3. The first-order valence-electron chi connectivity index (χ1n) is 10.7. The van der Waals surface area contributed by atoms with Gasteiger partial charge in [-0.15, -0.1) is 0 Å². The summed E-state index contributed by atoms with van der Waals surface area (Å²) in [5.74, 6) is 2.56. The Bertz CT molecular complexity index is 1020. The second-order valence-corrected chi connectivity index (χ2v) is 9.63. The van der Waals surface area contributed by atoms with Crippen molar-refractivity contribution in [1.29, 1.82) is 0 Å². The lowest BCUT2D eigenvalue weighted by molar-refractivity contribution is 0.242. The lowest BCUT2D eigenvalue weighted by atomic mass is 9.63. The Kier molecular flexibility index (Phi) is 5.03. The van der Waals surface area contributed by atoms with Gasteiger partial charge in [-0.05, 0) is 54.7 Å². The summed E-state index contributed by atoms with van der Waals surface area (Å²) in [7, 11) is 0. The minimum atomic E-state index is -0.0697. The minimum Gasteiger partial charge on any atom is -0.323 e. The number of fused-ring (bicyclic) bond motifs is 1. The third kappa shape index (κ3) is 3.34. The standard InChI is InChI=1S/C23H26Cl2N4/c1-15-8-10-16(11-9-15)14-29-18-19(24)26-22(25)28-20(18)27-21(29)23(12-5-13-23)17-6-3-2-4-7-17/h2-4,6-7,15-16H,5,8-14H2,1H3/t15-,16-. The number of hydrogen-bond acceptors (Lipinski definition) is 3. The summed E-state index contributed by atoms with van der Waals surface area (Å²) in [5.41, 5.74) is 2.72. The van der Waals surface area contributed by atoms with Gasteiger partial charge in [-0.25, -0.2) is 9.97 Å². The summed E-state index contributed by atoms with van der Waals surface area (Å²) >= 11 is 12.7. The first-order chi connectivity index (χ1) is 14.1. The number of aromatic nitrogens is 4. The molecule has 0 atom stereocenters. The summed E-state index contributed by atoms with van der Waals surface area (Å²) in [6.45, 7) is 3.29. The zero-order valence-corrected chi connectivity index (χ0v) is 18.3. The average molecular weight is 429 g/mol. The van der Waals surface area contributed by atoms with E-state index in [1.807, 2.05) is 0 Å². The van der Waals surface area contributed by atoms with Crippen molar-refractivity contribution < 1.29 is 0 Å². The summed E-state index contributed by atoms with van der Waals surface area (Å²) in [4.78, 5) is 13.7. The SMILES string of the molecule is C[C@H]1CC[C@H](Cn2c(C3(c4ccccc4)CCC3)nc3nc(Cl)nc(Cl)c32)CC1. The van der Waals surface area contributed by atoms with E-state index < -0.39 is 0 Å². The van der Waals surface area contributed by atoms with Crippen molar-refractivity contribution in [3.8, 4) is 0 Å². The molecule has 4 nitrogen and oxygen atoms in total. The highest BCUT2D eigenvalue weighted by Gasteiger charge is 2.45. The van der Waals surface area contributed by atoms with Crippen LogP contribution < -0.4 is 0 Å². The van der Waals surface area contributed by atoms with E-state index in [0.717, 1.165) is 36.6 Å². The quantitative estimate of drug-likeness (QED) is 0.355. The zero-order valence-electron chi connectivity index (χ0n) is 16.7. The maximum absolute atomic E-state index is 6.58. The van der Waals surface area contributed by atoms with Crippen LogP contribution in [0.25, 0.3) is 11.2 Å². The predicted molar refractivity (Wildman–Crippen MR) is 118 cm³/mol. The molecule has 0 amide bonds. The van der Waals surface area contributed by atoms with Crippen LogP contribution in [-0.2, 0) is 12.0 Å². The number of benzene rings is 1.